The van der Waals surface area contributed by atoms with Gasteiger partial charge in [-0.3, -0.25) is 0 Å². The van der Waals surface area contributed by atoms with Crippen molar-refractivity contribution in [3.8, 4) is 0 Å². The molecule has 0 unspecified atom stereocenters. The first-order valence-electron chi connectivity index (χ1n) is 3.76. The Morgan fingerprint density at radius 2 is 2.00 bits per heavy atom. The fourth-order valence-corrected chi connectivity index (χ4v) is 0.516. The van der Waals surface area contributed by atoms with Gasteiger partial charge >= 0.3 is 0 Å². The van der Waals surface area contributed by atoms with E-state index in [1.54, 1.807) is 0 Å². The van der Waals surface area contributed by atoms with Gasteiger partial charge in [-0.1, -0.05) is 13.1 Å². The van der Waals surface area contributed by atoms with Crippen LogP contribution in [0.15, 0.2) is 0 Å². The first-order chi connectivity index (χ1) is 4.41. The van der Waals surface area contributed by atoms with E-state index in [1.807, 2.05) is 0 Å². The minimum absolute atomic E-state index is 0.417. The van der Waals surface area contributed by atoms with E-state index in [9.17, 15) is 0 Å². The molecule has 1 N–H and O–H groups in total. The van der Waals surface area contributed by atoms with E-state index in [0.717, 1.165) is 13.2 Å². The van der Waals surface area contributed by atoms with E-state index >= 15 is 0 Å². The molecule has 1 aliphatic heterocycles. The van der Waals surface area contributed by atoms with Crippen molar-refractivity contribution < 1.29 is 4.84 Å². The van der Waals surface area contributed by atoms with Crippen LogP contribution in [0.2, 0.25) is 13.1 Å². The van der Waals surface area contributed by atoms with Crippen molar-refractivity contribution >= 4 is 9.52 Å². The van der Waals surface area contributed by atoms with E-state index in [0.29, 0.717) is 9.52 Å². The van der Waals surface area contributed by atoms with E-state index in [4.69, 9.17) is 4.84 Å². The Bertz CT molecular complexity index is 36.8. The summed E-state index contributed by atoms with van der Waals surface area (Å²) in [6.45, 7) is 6.44. The quantitative estimate of drug-likeness (QED) is 0.505. The molecule has 0 bridgehead atoms. The molecule has 1 fully saturated rings. The highest BCUT2D eigenvalue weighted by molar-refractivity contribution is 6.31. The van der Waals surface area contributed by atoms with Crippen LogP contribution in [0, 0.1) is 0 Å². The van der Waals surface area contributed by atoms with Gasteiger partial charge in [-0.2, -0.15) is 0 Å². The standard InChI is InChI=1S/C4H9NO.C2H8Si/c1-2-4-6-5-3-1;1-3-2/h5H,1-4H2;3H2,1-2H3. The van der Waals surface area contributed by atoms with Crippen LogP contribution in [0.3, 0.4) is 0 Å². The molecule has 0 radical (unpaired) electrons. The smallest absolute Gasteiger partial charge is 0.0682 e. The van der Waals surface area contributed by atoms with Gasteiger partial charge in [0, 0.05) is 16.1 Å². The molecule has 1 heterocycles. The maximum atomic E-state index is 4.82. The van der Waals surface area contributed by atoms with Gasteiger partial charge in [-0.15, -0.1) is 0 Å². The van der Waals surface area contributed by atoms with Gasteiger partial charge in [0.25, 0.3) is 0 Å². The number of hydroxylamine groups is 1. The molecule has 0 spiro atoms. The third kappa shape index (κ3) is 8.14. The van der Waals surface area contributed by atoms with Crippen molar-refractivity contribution in [2.45, 2.75) is 25.9 Å². The summed E-state index contributed by atoms with van der Waals surface area (Å²) in [5, 5.41) is 0. The molecule has 1 rings (SSSR count). The molecule has 0 amide bonds. The summed E-state index contributed by atoms with van der Waals surface area (Å²) >= 11 is 0. The van der Waals surface area contributed by atoms with Gasteiger partial charge in [-0.25, -0.2) is 5.48 Å². The Morgan fingerprint density at radius 1 is 1.33 bits per heavy atom. The van der Waals surface area contributed by atoms with Crippen molar-refractivity contribution in [2.24, 2.45) is 0 Å². The van der Waals surface area contributed by atoms with Gasteiger partial charge in [0.15, 0.2) is 0 Å². The summed E-state index contributed by atoms with van der Waals surface area (Å²) in [7, 11) is 0.417. The number of rotatable bonds is 0. The van der Waals surface area contributed by atoms with Crippen molar-refractivity contribution in [3.63, 3.8) is 0 Å². The summed E-state index contributed by atoms with van der Waals surface area (Å²) in [6, 6.07) is 0. The molecule has 9 heavy (non-hydrogen) atoms. The molecule has 0 saturated carbocycles. The van der Waals surface area contributed by atoms with Crippen molar-refractivity contribution in [1.29, 1.82) is 0 Å². The minimum atomic E-state index is 0.417. The predicted octanol–water partition coefficient (Wildman–Crippen LogP) is 0.553. The monoisotopic (exact) mass is 147 g/mol. The lowest BCUT2D eigenvalue weighted by molar-refractivity contribution is 0.0128. The van der Waals surface area contributed by atoms with Crippen molar-refractivity contribution in [1.82, 2.24) is 5.48 Å². The topological polar surface area (TPSA) is 21.3 Å². The lowest BCUT2D eigenvalue weighted by atomic mass is 10.3. The molecular formula is C6H17NOSi. The van der Waals surface area contributed by atoms with Crippen molar-refractivity contribution in [2.75, 3.05) is 13.2 Å². The SMILES string of the molecule is C1CCONC1.C[SiH2]C. The van der Waals surface area contributed by atoms with Gasteiger partial charge in [0.1, 0.15) is 0 Å². The molecule has 0 aromatic carbocycles. The molecule has 0 aliphatic carbocycles. The number of hydrogen-bond donors (Lipinski definition) is 1. The maximum Gasteiger partial charge on any atom is 0.0682 e. The number of hydrogen-bond acceptors (Lipinski definition) is 2. The van der Waals surface area contributed by atoms with Crippen LogP contribution >= 0.6 is 0 Å². The molecule has 1 saturated heterocycles. The average Bonchev–Trinajstić information content (AvgIpc) is 1.93. The highest BCUT2D eigenvalue weighted by atomic mass is 28.2. The second-order valence-corrected chi connectivity index (χ2v) is 3.57. The van der Waals surface area contributed by atoms with Crippen LogP contribution in [-0.4, -0.2) is 22.7 Å². The van der Waals surface area contributed by atoms with E-state index < -0.39 is 0 Å². The fourth-order valence-electron chi connectivity index (χ4n) is 0.516. The second-order valence-electron chi connectivity index (χ2n) is 2.16. The first-order valence-corrected chi connectivity index (χ1v) is 6.59. The third-order valence-corrected chi connectivity index (χ3v) is 0.877. The summed E-state index contributed by atoms with van der Waals surface area (Å²) in [5.74, 6) is 0. The maximum absolute atomic E-state index is 4.82. The zero-order chi connectivity index (χ0) is 6.95. The Balaban J connectivity index is 0.000000187. The van der Waals surface area contributed by atoms with E-state index in [-0.39, 0.29) is 0 Å². The lowest BCUT2D eigenvalue weighted by Gasteiger charge is -2.09. The van der Waals surface area contributed by atoms with Crippen LogP contribution in [0.4, 0.5) is 0 Å². The van der Waals surface area contributed by atoms with Crippen LogP contribution in [0.5, 0.6) is 0 Å². The normalized spacial score (nSPS) is 18.0. The fraction of sp³-hybridized carbons (Fsp3) is 1.00. The zero-order valence-electron chi connectivity index (χ0n) is 6.44. The Kier molecular flexibility index (Phi) is 8.26. The Morgan fingerprint density at radius 3 is 2.11 bits per heavy atom. The Labute approximate surface area is 59.8 Å². The lowest BCUT2D eigenvalue weighted by Crippen LogP contribution is -2.22. The second kappa shape index (κ2) is 8.14. The molecule has 2 nitrogen and oxygen atoms in total. The zero-order valence-corrected chi connectivity index (χ0v) is 7.86. The van der Waals surface area contributed by atoms with Gasteiger partial charge in [-0.05, 0) is 12.8 Å². The number of nitrogens with one attached hydrogen (secondary N) is 1. The van der Waals surface area contributed by atoms with E-state index in [2.05, 4.69) is 18.6 Å². The summed E-state index contributed by atoms with van der Waals surface area (Å²) in [5.41, 5.74) is 2.78. The molecule has 0 aromatic rings. The highest BCUT2D eigenvalue weighted by Gasteiger charge is 1.93. The van der Waals surface area contributed by atoms with Crippen LogP contribution in [0.1, 0.15) is 12.8 Å². The van der Waals surface area contributed by atoms with Gasteiger partial charge < -0.3 is 4.84 Å². The molecule has 3 heteroatoms. The Hall–Kier alpha value is 0.137. The molecule has 0 atom stereocenters. The minimum Gasteiger partial charge on any atom is -0.302 e. The molecule has 56 valence electrons. The molecular weight excluding hydrogens is 130 g/mol. The third-order valence-electron chi connectivity index (χ3n) is 0.877. The van der Waals surface area contributed by atoms with Gasteiger partial charge in [0.05, 0.1) is 6.61 Å². The summed E-state index contributed by atoms with van der Waals surface area (Å²) in [4.78, 5) is 4.82. The van der Waals surface area contributed by atoms with Crippen LogP contribution in [-0.2, 0) is 4.84 Å². The van der Waals surface area contributed by atoms with Crippen LogP contribution in [0.25, 0.3) is 0 Å². The molecule has 0 aromatic heterocycles. The van der Waals surface area contributed by atoms with Gasteiger partial charge in [0.2, 0.25) is 0 Å². The predicted molar refractivity (Wildman–Crippen MR) is 43.5 cm³/mol. The highest BCUT2D eigenvalue weighted by Crippen LogP contribution is 1.91. The molecule has 1 aliphatic rings. The van der Waals surface area contributed by atoms with Crippen LogP contribution < -0.4 is 5.48 Å². The summed E-state index contributed by atoms with van der Waals surface area (Å²) in [6.07, 6.45) is 2.48. The average molecular weight is 147 g/mol. The largest absolute Gasteiger partial charge is 0.302 e. The summed E-state index contributed by atoms with van der Waals surface area (Å²) < 4.78 is 0. The van der Waals surface area contributed by atoms with Crippen molar-refractivity contribution in [3.05, 3.63) is 0 Å². The first kappa shape index (κ1) is 9.14. The van der Waals surface area contributed by atoms with E-state index in [1.165, 1.54) is 12.8 Å².